The minimum Gasteiger partial charge on any atom is -0.355 e. The number of rotatable bonds is 7. The number of sulfonamides is 1. The molecule has 0 spiro atoms. The number of carbonyl (C=O) groups is 1. The Hall–Kier alpha value is -0.660. The lowest BCUT2D eigenvalue weighted by atomic mass is 9.94. The lowest BCUT2D eigenvalue weighted by Gasteiger charge is -2.22. The summed E-state index contributed by atoms with van der Waals surface area (Å²) in [5, 5.41) is 5.94. The van der Waals surface area contributed by atoms with Crippen LogP contribution in [0.2, 0.25) is 0 Å². The highest BCUT2D eigenvalue weighted by molar-refractivity contribution is 7.89. The highest BCUT2D eigenvalue weighted by Gasteiger charge is 2.14. The first-order chi connectivity index (χ1) is 8.53. The zero-order valence-electron chi connectivity index (χ0n) is 10.9. The molecule has 0 radical (unpaired) electrons. The van der Waals surface area contributed by atoms with Gasteiger partial charge in [-0.3, -0.25) is 4.79 Å². The summed E-state index contributed by atoms with van der Waals surface area (Å²) in [5.41, 5.74) is 0. The van der Waals surface area contributed by atoms with Gasteiger partial charge in [-0.1, -0.05) is 0 Å². The van der Waals surface area contributed by atoms with Crippen LogP contribution in [0.15, 0.2) is 0 Å². The molecule has 6 nitrogen and oxygen atoms in total. The monoisotopic (exact) mass is 277 g/mol. The van der Waals surface area contributed by atoms with E-state index in [2.05, 4.69) is 15.4 Å². The molecule has 1 aliphatic rings. The second-order valence-electron chi connectivity index (χ2n) is 4.62. The molecule has 1 atom stereocenters. The van der Waals surface area contributed by atoms with Gasteiger partial charge in [-0.2, -0.15) is 0 Å². The molecule has 1 heterocycles. The Morgan fingerprint density at radius 1 is 1.44 bits per heavy atom. The molecule has 1 amide bonds. The maximum atomic E-state index is 11.5. The van der Waals surface area contributed by atoms with Gasteiger partial charge in [-0.05, 0) is 45.3 Å². The Bertz CT molecular complexity index is 351. The average molecular weight is 277 g/mol. The van der Waals surface area contributed by atoms with Crippen LogP contribution in [-0.4, -0.2) is 46.8 Å². The summed E-state index contributed by atoms with van der Waals surface area (Å²) in [4.78, 5) is 11.5. The summed E-state index contributed by atoms with van der Waals surface area (Å²) in [6, 6.07) is 0. The quantitative estimate of drug-likeness (QED) is 0.582. The van der Waals surface area contributed by atoms with Gasteiger partial charge in [0.1, 0.15) is 0 Å². The van der Waals surface area contributed by atoms with Gasteiger partial charge in [0.25, 0.3) is 0 Å². The van der Waals surface area contributed by atoms with Crippen LogP contribution in [0.4, 0.5) is 0 Å². The fourth-order valence-electron chi connectivity index (χ4n) is 2.02. The van der Waals surface area contributed by atoms with Gasteiger partial charge in [0.05, 0.1) is 5.75 Å². The largest absolute Gasteiger partial charge is 0.355 e. The predicted molar refractivity (Wildman–Crippen MR) is 70.7 cm³/mol. The normalized spacial score (nSPS) is 20.6. The molecule has 7 heteroatoms. The minimum atomic E-state index is -3.23. The van der Waals surface area contributed by atoms with Crippen LogP contribution in [0.1, 0.15) is 25.7 Å². The Morgan fingerprint density at radius 3 is 2.83 bits per heavy atom. The summed E-state index contributed by atoms with van der Waals surface area (Å²) in [6.45, 7) is 2.23. The molecule has 106 valence electrons. The van der Waals surface area contributed by atoms with Crippen molar-refractivity contribution in [1.29, 1.82) is 0 Å². The van der Waals surface area contributed by atoms with Crippen LogP contribution in [0.25, 0.3) is 0 Å². The summed E-state index contributed by atoms with van der Waals surface area (Å²) in [7, 11) is -1.86. The molecule has 18 heavy (non-hydrogen) atoms. The van der Waals surface area contributed by atoms with E-state index in [1.165, 1.54) is 19.9 Å². The van der Waals surface area contributed by atoms with Crippen molar-refractivity contribution in [2.75, 3.05) is 32.4 Å². The molecular weight excluding hydrogens is 254 g/mol. The van der Waals surface area contributed by atoms with E-state index in [0.717, 1.165) is 19.5 Å². The van der Waals surface area contributed by atoms with Crippen molar-refractivity contribution < 1.29 is 13.2 Å². The third-order valence-corrected chi connectivity index (χ3v) is 4.55. The maximum Gasteiger partial charge on any atom is 0.220 e. The van der Waals surface area contributed by atoms with Crippen molar-refractivity contribution in [3.8, 4) is 0 Å². The van der Waals surface area contributed by atoms with Crippen molar-refractivity contribution in [3.05, 3.63) is 0 Å². The Morgan fingerprint density at radius 2 is 2.22 bits per heavy atom. The van der Waals surface area contributed by atoms with E-state index >= 15 is 0 Å². The fraction of sp³-hybridized carbons (Fsp3) is 0.909. The van der Waals surface area contributed by atoms with E-state index in [-0.39, 0.29) is 18.2 Å². The molecule has 0 saturated carbocycles. The van der Waals surface area contributed by atoms with Crippen LogP contribution in [0, 0.1) is 5.92 Å². The number of carbonyl (C=O) groups excluding carboxylic acids is 1. The number of piperidine rings is 1. The third-order valence-electron chi connectivity index (χ3n) is 3.18. The van der Waals surface area contributed by atoms with Gasteiger partial charge >= 0.3 is 0 Å². The van der Waals surface area contributed by atoms with Crippen LogP contribution < -0.4 is 15.4 Å². The SMILES string of the molecule is CNS(=O)(=O)CCNC(=O)CCC1CCCNC1. The number of hydrogen-bond acceptors (Lipinski definition) is 4. The maximum absolute atomic E-state index is 11.5. The molecular formula is C11H23N3O3S. The molecule has 0 aromatic carbocycles. The molecule has 1 unspecified atom stereocenters. The second kappa shape index (κ2) is 7.70. The molecule has 1 saturated heterocycles. The minimum absolute atomic E-state index is 0.0631. The van der Waals surface area contributed by atoms with Crippen LogP contribution >= 0.6 is 0 Å². The number of nitrogens with one attached hydrogen (secondary N) is 3. The highest BCUT2D eigenvalue weighted by atomic mass is 32.2. The summed E-state index contributed by atoms with van der Waals surface area (Å²) < 4.78 is 24.4. The van der Waals surface area contributed by atoms with Gasteiger partial charge in [0.15, 0.2) is 0 Å². The Balaban J connectivity index is 2.10. The van der Waals surface area contributed by atoms with Gasteiger partial charge in [-0.15, -0.1) is 0 Å². The smallest absolute Gasteiger partial charge is 0.220 e. The van der Waals surface area contributed by atoms with E-state index in [1.54, 1.807) is 0 Å². The highest BCUT2D eigenvalue weighted by Crippen LogP contribution is 2.15. The van der Waals surface area contributed by atoms with Crippen molar-refractivity contribution in [1.82, 2.24) is 15.4 Å². The lowest BCUT2D eigenvalue weighted by molar-refractivity contribution is -0.121. The van der Waals surface area contributed by atoms with Crippen molar-refractivity contribution in [3.63, 3.8) is 0 Å². The van der Waals surface area contributed by atoms with E-state index in [1.807, 2.05) is 0 Å². The standard InChI is InChI=1S/C11H23N3O3S/c1-12-18(16,17)8-7-14-11(15)5-4-10-3-2-6-13-9-10/h10,12-13H,2-9H2,1H3,(H,14,15). The molecule has 0 aromatic rings. The molecule has 3 N–H and O–H groups in total. The molecule has 1 fully saturated rings. The Labute approximate surface area is 109 Å². The summed E-state index contributed by atoms with van der Waals surface area (Å²) in [5.74, 6) is 0.442. The number of amides is 1. The first kappa shape index (κ1) is 15.4. The van der Waals surface area contributed by atoms with Crippen LogP contribution in [0.5, 0.6) is 0 Å². The first-order valence-electron chi connectivity index (χ1n) is 6.42. The topological polar surface area (TPSA) is 87.3 Å². The number of hydrogen-bond donors (Lipinski definition) is 3. The van der Waals surface area contributed by atoms with E-state index in [0.29, 0.717) is 12.3 Å². The fourth-order valence-corrected chi connectivity index (χ4v) is 2.60. The second-order valence-corrected chi connectivity index (χ2v) is 6.67. The van der Waals surface area contributed by atoms with Crippen molar-refractivity contribution in [2.24, 2.45) is 5.92 Å². The van der Waals surface area contributed by atoms with Gasteiger partial charge in [0, 0.05) is 13.0 Å². The van der Waals surface area contributed by atoms with Crippen molar-refractivity contribution >= 4 is 15.9 Å². The van der Waals surface area contributed by atoms with E-state index in [4.69, 9.17) is 0 Å². The van der Waals surface area contributed by atoms with Crippen LogP contribution in [0.3, 0.4) is 0 Å². The zero-order chi connectivity index (χ0) is 13.4. The third kappa shape index (κ3) is 6.32. The first-order valence-corrected chi connectivity index (χ1v) is 8.07. The Kier molecular flexibility index (Phi) is 6.59. The van der Waals surface area contributed by atoms with Crippen molar-refractivity contribution in [2.45, 2.75) is 25.7 Å². The predicted octanol–water partition coefficient (Wildman–Crippen LogP) is -0.568. The summed E-state index contributed by atoms with van der Waals surface area (Å²) >= 11 is 0. The van der Waals surface area contributed by atoms with Gasteiger partial charge < -0.3 is 10.6 Å². The lowest BCUT2D eigenvalue weighted by Crippen LogP contribution is -2.34. The molecule has 1 rings (SSSR count). The average Bonchev–Trinajstić information content (AvgIpc) is 2.37. The molecule has 1 aliphatic heterocycles. The zero-order valence-corrected chi connectivity index (χ0v) is 11.7. The van der Waals surface area contributed by atoms with E-state index in [9.17, 15) is 13.2 Å². The molecule has 0 aromatic heterocycles. The molecule has 0 bridgehead atoms. The van der Waals surface area contributed by atoms with E-state index < -0.39 is 10.0 Å². The molecule has 0 aliphatic carbocycles. The summed E-state index contributed by atoms with van der Waals surface area (Å²) in [6.07, 6.45) is 3.70. The van der Waals surface area contributed by atoms with Gasteiger partial charge in [-0.25, -0.2) is 13.1 Å². The van der Waals surface area contributed by atoms with Gasteiger partial charge in [0.2, 0.25) is 15.9 Å². The van der Waals surface area contributed by atoms with Crippen LogP contribution in [-0.2, 0) is 14.8 Å².